The fraction of sp³-hybridized carbons (Fsp3) is 0.263. The van der Waals surface area contributed by atoms with Crippen LogP contribution in [-0.4, -0.2) is 38.6 Å². The number of methoxy groups -OCH3 is 2. The van der Waals surface area contributed by atoms with E-state index in [2.05, 4.69) is 5.32 Å². The van der Waals surface area contributed by atoms with Gasteiger partial charge in [-0.25, -0.2) is 0 Å². The Morgan fingerprint density at radius 3 is 2.48 bits per heavy atom. The number of benzene rings is 2. The Labute approximate surface area is 146 Å². The Hall–Kier alpha value is -3.02. The largest absolute Gasteiger partial charge is 0.497 e. The minimum Gasteiger partial charge on any atom is -0.497 e. The summed E-state index contributed by atoms with van der Waals surface area (Å²) in [6, 6.07) is 14.0. The van der Waals surface area contributed by atoms with Gasteiger partial charge in [-0.1, -0.05) is 6.07 Å². The third-order valence-electron chi connectivity index (χ3n) is 4.18. The summed E-state index contributed by atoms with van der Waals surface area (Å²) in [5.41, 5.74) is 1.30. The van der Waals surface area contributed by atoms with Crippen LogP contribution >= 0.6 is 0 Å². The first kappa shape index (κ1) is 16.8. The number of nitrogens with one attached hydrogen (secondary N) is 1. The van der Waals surface area contributed by atoms with Crippen LogP contribution in [-0.2, 0) is 4.79 Å². The fourth-order valence-electron chi connectivity index (χ4n) is 2.85. The summed E-state index contributed by atoms with van der Waals surface area (Å²) >= 11 is 0. The number of amides is 2. The zero-order chi connectivity index (χ0) is 17.8. The minimum atomic E-state index is -0.228. The summed E-state index contributed by atoms with van der Waals surface area (Å²) in [4.78, 5) is 26.3. The number of carbonyl (C=O) groups excluding carboxylic acids is 2. The lowest BCUT2D eigenvalue weighted by Gasteiger charge is -2.17. The van der Waals surface area contributed by atoms with Gasteiger partial charge in [0.1, 0.15) is 11.5 Å². The molecule has 1 fully saturated rings. The van der Waals surface area contributed by atoms with E-state index in [1.807, 2.05) is 24.3 Å². The third kappa shape index (κ3) is 3.74. The maximum Gasteiger partial charge on any atom is 0.251 e. The molecule has 1 aliphatic heterocycles. The van der Waals surface area contributed by atoms with Crippen molar-refractivity contribution < 1.29 is 19.1 Å². The van der Waals surface area contributed by atoms with Gasteiger partial charge in [-0.2, -0.15) is 0 Å². The van der Waals surface area contributed by atoms with Crippen molar-refractivity contribution in [3.63, 3.8) is 0 Å². The molecule has 1 saturated heterocycles. The van der Waals surface area contributed by atoms with Crippen LogP contribution in [0.15, 0.2) is 48.5 Å². The Morgan fingerprint density at radius 1 is 1.08 bits per heavy atom. The summed E-state index contributed by atoms with van der Waals surface area (Å²) < 4.78 is 10.3. The summed E-state index contributed by atoms with van der Waals surface area (Å²) in [5.74, 6) is 1.13. The molecule has 0 spiro atoms. The molecule has 2 aromatic carbocycles. The van der Waals surface area contributed by atoms with Crippen LogP contribution < -0.4 is 19.7 Å². The average Bonchev–Trinajstić information content (AvgIpc) is 3.02. The molecule has 1 aliphatic rings. The SMILES string of the molecule is COc1ccc(N2C[C@@H](NC(=O)c3cccc(OC)c3)CC2=O)cc1. The van der Waals surface area contributed by atoms with E-state index in [4.69, 9.17) is 9.47 Å². The predicted octanol–water partition coefficient (Wildman–Crippen LogP) is 2.24. The van der Waals surface area contributed by atoms with Crippen LogP contribution in [0.3, 0.4) is 0 Å². The molecule has 1 N–H and O–H groups in total. The van der Waals surface area contributed by atoms with E-state index < -0.39 is 0 Å². The van der Waals surface area contributed by atoms with Gasteiger partial charge in [-0.3, -0.25) is 9.59 Å². The maximum atomic E-state index is 12.4. The molecule has 6 nitrogen and oxygen atoms in total. The topological polar surface area (TPSA) is 67.9 Å². The van der Waals surface area contributed by atoms with Crippen LogP contribution in [0.2, 0.25) is 0 Å². The van der Waals surface area contributed by atoms with E-state index >= 15 is 0 Å². The van der Waals surface area contributed by atoms with Gasteiger partial charge < -0.3 is 19.7 Å². The molecule has 0 radical (unpaired) electrons. The molecule has 130 valence electrons. The Kier molecular flexibility index (Phi) is 4.88. The van der Waals surface area contributed by atoms with Gasteiger partial charge >= 0.3 is 0 Å². The van der Waals surface area contributed by atoms with Crippen molar-refractivity contribution in [1.82, 2.24) is 5.32 Å². The van der Waals surface area contributed by atoms with Gasteiger partial charge in [0.25, 0.3) is 5.91 Å². The molecule has 0 unspecified atom stereocenters. The first-order valence-electron chi connectivity index (χ1n) is 8.00. The zero-order valence-electron chi connectivity index (χ0n) is 14.2. The molecule has 0 bridgehead atoms. The summed E-state index contributed by atoms with van der Waals surface area (Å²) in [5, 5.41) is 2.92. The van der Waals surface area contributed by atoms with Gasteiger partial charge in [0.15, 0.2) is 0 Å². The highest BCUT2D eigenvalue weighted by atomic mass is 16.5. The minimum absolute atomic E-state index is 0.0129. The molecule has 1 heterocycles. The Balaban J connectivity index is 1.66. The highest BCUT2D eigenvalue weighted by Crippen LogP contribution is 2.24. The molecular formula is C19H20N2O4. The lowest BCUT2D eigenvalue weighted by atomic mass is 10.1. The molecule has 2 aromatic rings. The highest BCUT2D eigenvalue weighted by molar-refractivity contribution is 5.99. The van der Waals surface area contributed by atoms with Crippen molar-refractivity contribution >= 4 is 17.5 Å². The number of carbonyl (C=O) groups is 2. The quantitative estimate of drug-likeness (QED) is 0.906. The standard InChI is InChI=1S/C19H20N2O4/c1-24-16-8-6-15(7-9-16)21-12-14(11-18(21)22)20-19(23)13-4-3-5-17(10-13)25-2/h3-10,14H,11-12H2,1-2H3,(H,20,23)/t14-/m0/s1. The Bertz CT molecular complexity index is 773. The van der Waals surface area contributed by atoms with Gasteiger partial charge in [-0.15, -0.1) is 0 Å². The number of hydrogen-bond acceptors (Lipinski definition) is 4. The van der Waals surface area contributed by atoms with Crippen molar-refractivity contribution in [3.8, 4) is 11.5 Å². The van der Waals surface area contributed by atoms with E-state index in [9.17, 15) is 9.59 Å². The summed E-state index contributed by atoms with van der Waals surface area (Å²) in [6.07, 6.45) is 0.280. The number of hydrogen-bond donors (Lipinski definition) is 1. The summed E-state index contributed by atoms with van der Waals surface area (Å²) in [6.45, 7) is 0.445. The van der Waals surface area contributed by atoms with Crippen molar-refractivity contribution in [2.45, 2.75) is 12.5 Å². The first-order valence-corrected chi connectivity index (χ1v) is 8.00. The van der Waals surface area contributed by atoms with Crippen LogP contribution in [0.1, 0.15) is 16.8 Å². The van der Waals surface area contributed by atoms with Gasteiger partial charge in [0, 0.05) is 24.2 Å². The molecule has 2 amide bonds. The molecule has 0 aromatic heterocycles. The van der Waals surface area contributed by atoms with Crippen molar-refractivity contribution in [3.05, 3.63) is 54.1 Å². The maximum absolute atomic E-state index is 12.4. The van der Waals surface area contributed by atoms with Gasteiger partial charge in [0.05, 0.1) is 20.3 Å². The van der Waals surface area contributed by atoms with Crippen molar-refractivity contribution in [2.24, 2.45) is 0 Å². The smallest absolute Gasteiger partial charge is 0.251 e. The van der Waals surface area contributed by atoms with Gasteiger partial charge in [-0.05, 0) is 42.5 Å². The number of rotatable bonds is 5. The number of ether oxygens (including phenoxy) is 2. The molecule has 3 rings (SSSR count). The van der Waals surface area contributed by atoms with Crippen LogP contribution in [0.25, 0.3) is 0 Å². The second kappa shape index (κ2) is 7.25. The monoisotopic (exact) mass is 340 g/mol. The second-order valence-electron chi connectivity index (χ2n) is 5.81. The Morgan fingerprint density at radius 2 is 1.80 bits per heavy atom. The summed E-state index contributed by atoms with van der Waals surface area (Å²) in [7, 11) is 3.15. The zero-order valence-corrected chi connectivity index (χ0v) is 14.2. The van der Waals surface area contributed by atoms with Crippen LogP contribution in [0.5, 0.6) is 11.5 Å². The average molecular weight is 340 g/mol. The highest BCUT2D eigenvalue weighted by Gasteiger charge is 2.31. The molecule has 1 atom stereocenters. The molecular weight excluding hydrogens is 320 g/mol. The first-order chi connectivity index (χ1) is 12.1. The van der Waals surface area contributed by atoms with E-state index in [0.29, 0.717) is 17.9 Å². The van der Waals surface area contributed by atoms with Crippen molar-refractivity contribution in [1.29, 1.82) is 0 Å². The van der Waals surface area contributed by atoms with E-state index in [1.165, 1.54) is 0 Å². The normalized spacial score (nSPS) is 16.6. The number of nitrogens with zero attached hydrogens (tertiary/aromatic N) is 1. The molecule has 0 saturated carbocycles. The van der Waals surface area contributed by atoms with E-state index in [0.717, 1.165) is 11.4 Å². The van der Waals surface area contributed by atoms with E-state index in [-0.39, 0.29) is 24.3 Å². The van der Waals surface area contributed by atoms with Crippen LogP contribution in [0.4, 0.5) is 5.69 Å². The third-order valence-corrected chi connectivity index (χ3v) is 4.18. The van der Waals surface area contributed by atoms with Gasteiger partial charge in [0.2, 0.25) is 5.91 Å². The molecule has 25 heavy (non-hydrogen) atoms. The van der Waals surface area contributed by atoms with E-state index in [1.54, 1.807) is 43.4 Å². The van der Waals surface area contributed by atoms with Crippen molar-refractivity contribution in [2.75, 3.05) is 25.7 Å². The second-order valence-corrected chi connectivity index (χ2v) is 5.81. The number of anilines is 1. The lowest BCUT2D eigenvalue weighted by Crippen LogP contribution is -2.37. The fourth-order valence-corrected chi connectivity index (χ4v) is 2.85. The lowest BCUT2D eigenvalue weighted by molar-refractivity contribution is -0.117. The molecule has 6 heteroatoms. The predicted molar refractivity (Wildman–Crippen MR) is 94.2 cm³/mol. The van der Waals surface area contributed by atoms with Crippen LogP contribution in [0, 0.1) is 0 Å². The molecule has 0 aliphatic carbocycles.